The molecule has 1 heterocycles. The number of rotatable bonds is 6. The summed E-state index contributed by atoms with van der Waals surface area (Å²) in [5, 5.41) is 12.4. The molecule has 3 aromatic rings. The second-order valence-corrected chi connectivity index (χ2v) is 6.15. The highest BCUT2D eigenvalue weighted by Gasteiger charge is 2.15. The number of para-hydroxylation sites is 1. The molecule has 28 heavy (non-hydrogen) atoms. The normalized spacial score (nSPS) is 11.9. The Balaban J connectivity index is 1.48. The molecule has 0 saturated heterocycles. The second-order valence-electron chi connectivity index (χ2n) is 6.15. The lowest BCUT2D eigenvalue weighted by molar-refractivity contribution is -0.144. The van der Waals surface area contributed by atoms with Crippen LogP contribution in [0.4, 0.5) is 0 Å². The number of amides is 1. The van der Waals surface area contributed by atoms with Crippen molar-refractivity contribution in [3.05, 3.63) is 77.6 Å². The van der Waals surface area contributed by atoms with Gasteiger partial charge in [0.05, 0.1) is 17.7 Å². The van der Waals surface area contributed by atoms with E-state index >= 15 is 0 Å². The molecule has 0 spiro atoms. The van der Waals surface area contributed by atoms with Crippen molar-refractivity contribution in [1.82, 2.24) is 5.32 Å². The number of esters is 1. The van der Waals surface area contributed by atoms with Crippen molar-refractivity contribution in [3.8, 4) is 6.07 Å². The summed E-state index contributed by atoms with van der Waals surface area (Å²) in [4.78, 5) is 23.8. The number of nitrogens with one attached hydrogen (secondary N) is 1. The van der Waals surface area contributed by atoms with Crippen molar-refractivity contribution in [2.24, 2.45) is 0 Å². The maximum Gasteiger partial charge on any atom is 0.331 e. The van der Waals surface area contributed by atoms with Gasteiger partial charge in [-0.3, -0.25) is 4.79 Å². The highest BCUT2D eigenvalue weighted by atomic mass is 16.5. The van der Waals surface area contributed by atoms with Crippen LogP contribution in [-0.4, -0.2) is 18.5 Å². The number of nitriles is 1. The zero-order chi connectivity index (χ0) is 19.9. The molecule has 0 aliphatic heterocycles. The molecule has 140 valence electrons. The first kappa shape index (κ1) is 18.9. The molecular weight excluding hydrogens is 356 g/mol. The summed E-state index contributed by atoms with van der Waals surface area (Å²) in [5.74, 6) is -0.425. The van der Waals surface area contributed by atoms with Gasteiger partial charge in [-0.15, -0.1) is 0 Å². The molecule has 1 amide bonds. The zero-order valence-corrected chi connectivity index (χ0v) is 15.2. The molecule has 6 heteroatoms. The number of hydrogen-bond donors (Lipinski definition) is 1. The summed E-state index contributed by atoms with van der Waals surface area (Å²) in [6, 6.07) is 17.8. The predicted molar refractivity (Wildman–Crippen MR) is 104 cm³/mol. The monoisotopic (exact) mass is 374 g/mol. The van der Waals surface area contributed by atoms with Crippen LogP contribution in [0.15, 0.2) is 65.1 Å². The fourth-order valence-corrected chi connectivity index (χ4v) is 2.59. The van der Waals surface area contributed by atoms with Gasteiger partial charge >= 0.3 is 5.97 Å². The van der Waals surface area contributed by atoms with Crippen molar-refractivity contribution in [2.75, 3.05) is 6.61 Å². The Morgan fingerprint density at radius 2 is 1.96 bits per heavy atom. The van der Waals surface area contributed by atoms with E-state index in [4.69, 9.17) is 14.4 Å². The van der Waals surface area contributed by atoms with Gasteiger partial charge in [0, 0.05) is 11.5 Å². The fourth-order valence-electron chi connectivity index (χ4n) is 2.59. The molecular formula is C22H18N2O4. The van der Waals surface area contributed by atoms with Crippen LogP contribution >= 0.6 is 0 Å². The van der Waals surface area contributed by atoms with Gasteiger partial charge < -0.3 is 14.5 Å². The quantitative estimate of drug-likeness (QED) is 0.524. The van der Waals surface area contributed by atoms with Crippen molar-refractivity contribution in [3.63, 3.8) is 0 Å². The molecule has 1 atom stereocenters. The van der Waals surface area contributed by atoms with E-state index in [2.05, 4.69) is 5.32 Å². The Bertz CT molecular complexity index is 1030. The number of fused-ring (bicyclic) bond motifs is 1. The molecule has 6 nitrogen and oxygen atoms in total. The highest BCUT2D eigenvalue weighted by Crippen LogP contribution is 2.23. The van der Waals surface area contributed by atoms with E-state index in [1.165, 1.54) is 6.08 Å². The van der Waals surface area contributed by atoms with Gasteiger partial charge in [-0.05, 0) is 42.8 Å². The summed E-state index contributed by atoms with van der Waals surface area (Å²) < 4.78 is 10.7. The first-order valence-corrected chi connectivity index (χ1v) is 8.68. The van der Waals surface area contributed by atoms with Crippen LogP contribution in [0.25, 0.3) is 17.0 Å². The number of hydrogen-bond acceptors (Lipinski definition) is 5. The summed E-state index contributed by atoms with van der Waals surface area (Å²) in [7, 11) is 0. The average Bonchev–Trinajstić information content (AvgIpc) is 3.15. The molecule has 2 aromatic carbocycles. The van der Waals surface area contributed by atoms with Gasteiger partial charge in [0.2, 0.25) is 0 Å². The molecule has 0 fully saturated rings. The SMILES string of the molecule is C[C@H](NC(=O)COC(=O)/C=C/c1ccc(C#N)cc1)c1cc2ccccc2o1. The smallest absolute Gasteiger partial charge is 0.331 e. The maximum absolute atomic E-state index is 12.0. The molecule has 1 N–H and O–H groups in total. The Morgan fingerprint density at radius 3 is 2.68 bits per heavy atom. The van der Waals surface area contributed by atoms with Crippen LogP contribution < -0.4 is 5.32 Å². The van der Waals surface area contributed by atoms with E-state index in [1.807, 2.05) is 36.4 Å². The van der Waals surface area contributed by atoms with E-state index in [0.717, 1.165) is 16.5 Å². The van der Waals surface area contributed by atoms with Crippen molar-refractivity contribution < 1.29 is 18.7 Å². The summed E-state index contributed by atoms with van der Waals surface area (Å²) in [6.07, 6.45) is 2.79. The van der Waals surface area contributed by atoms with Gasteiger partial charge in [0.1, 0.15) is 11.3 Å². The minimum absolute atomic E-state index is 0.354. The molecule has 3 rings (SSSR count). The van der Waals surface area contributed by atoms with Crippen LogP contribution in [0.1, 0.15) is 29.9 Å². The Morgan fingerprint density at radius 1 is 1.21 bits per heavy atom. The minimum Gasteiger partial charge on any atom is -0.459 e. The van der Waals surface area contributed by atoms with E-state index in [1.54, 1.807) is 37.3 Å². The van der Waals surface area contributed by atoms with Crippen LogP contribution in [0, 0.1) is 11.3 Å². The largest absolute Gasteiger partial charge is 0.459 e. The number of carbonyl (C=O) groups excluding carboxylic acids is 2. The lowest BCUT2D eigenvalue weighted by atomic mass is 10.1. The van der Waals surface area contributed by atoms with E-state index in [9.17, 15) is 9.59 Å². The topological polar surface area (TPSA) is 92.3 Å². The number of ether oxygens (including phenoxy) is 1. The standard InChI is InChI=1S/C22H18N2O4/c1-15(20-12-18-4-2-3-5-19(18)28-20)24-21(25)14-27-22(26)11-10-16-6-8-17(13-23)9-7-16/h2-12,15H,14H2,1H3,(H,24,25)/b11-10+/t15-/m0/s1. The number of nitrogens with zero attached hydrogens (tertiary/aromatic N) is 1. The molecule has 0 bridgehead atoms. The summed E-state index contributed by atoms with van der Waals surface area (Å²) >= 11 is 0. The third-order valence-corrected chi connectivity index (χ3v) is 4.05. The first-order chi connectivity index (χ1) is 13.5. The lowest BCUT2D eigenvalue weighted by Crippen LogP contribution is -2.30. The highest BCUT2D eigenvalue weighted by molar-refractivity contribution is 5.89. The minimum atomic E-state index is -0.629. The Labute approximate surface area is 162 Å². The molecule has 0 radical (unpaired) electrons. The Kier molecular flexibility index (Phi) is 5.87. The van der Waals surface area contributed by atoms with E-state index < -0.39 is 11.9 Å². The van der Waals surface area contributed by atoms with E-state index in [0.29, 0.717) is 11.3 Å². The van der Waals surface area contributed by atoms with Gasteiger partial charge in [0.15, 0.2) is 6.61 Å². The van der Waals surface area contributed by atoms with Gasteiger partial charge in [-0.25, -0.2) is 4.79 Å². The summed E-state index contributed by atoms with van der Waals surface area (Å²) in [5.41, 5.74) is 2.03. The average molecular weight is 374 g/mol. The molecule has 0 unspecified atom stereocenters. The fraction of sp³-hybridized carbons (Fsp3) is 0.136. The number of benzene rings is 2. The van der Waals surface area contributed by atoms with Crippen molar-refractivity contribution >= 4 is 28.9 Å². The van der Waals surface area contributed by atoms with Crippen LogP contribution in [0.3, 0.4) is 0 Å². The van der Waals surface area contributed by atoms with Gasteiger partial charge in [0.25, 0.3) is 5.91 Å². The van der Waals surface area contributed by atoms with Crippen molar-refractivity contribution in [2.45, 2.75) is 13.0 Å². The molecule has 0 aliphatic rings. The van der Waals surface area contributed by atoms with Crippen LogP contribution in [-0.2, 0) is 14.3 Å². The van der Waals surface area contributed by atoms with Crippen LogP contribution in [0.2, 0.25) is 0 Å². The summed E-state index contributed by atoms with van der Waals surface area (Å²) in [6.45, 7) is 1.41. The molecule has 0 saturated carbocycles. The number of furan rings is 1. The molecule has 1 aromatic heterocycles. The second kappa shape index (κ2) is 8.69. The third-order valence-electron chi connectivity index (χ3n) is 4.05. The van der Waals surface area contributed by atoms with E-state index in [-0.39, 0.29) is 12.6 Å². The van der Waals surface area contributed by atoms with Crippen LogP contribution in [0.5, 0.6) is 0 Å². The maximum atomic E-state index is 12.0. The lowest BCUT2D eigenvalue weighted by Gasteiger charge is -2.11. The zero-order valence-electron chi connectivity index (χ0n) is 15.2. The van der Waals surface area contributed by atoms with Gasteiger partial charge in [-0.2, -0.15) is 5.26 Å². The first-order valence-electron chi connectivity index (χ1n) is 8.68. The van der Waals surface area contributed by atoms with Gasteiger partial charge in [-0.1, -0.05) is 30.3 Å². The molecule has 0 aliphatic carbocycles. The van der Waals surface area contributed by atoms with Crippen molar-refractivity contribution in [1.29, 1.82) is 5.26 Å². The third kappa shape index (κ3) is 4.86. The number of carbonyl (C=O) groups is 2. The predicted octanol–water partition coefficient (Wildman–Crippen LogP) is 3.74. The Hall–Kier alpha value is -3.85.